The van der Waals surface area contributed by atoms with Crippen LogP contribution >= 0.6 is 0 Å². The number of benzene rings is 1. The van der Waals surface area contributed by atoms with Crippen molar-refractivity contribution in [1.82, 2.24) is 19.1 Å². The van der Waals surface area contributed by atoms with Crippen molar-refractivity contribution in [2.24, 2.45) is 0 Å². The minimum Gasteiger partial charge on any atom is -0.336 e. The molecule has 0 amide bonds. The van der Waals surface area contributed by atoms with Crippen LogP contribution in [0.25, 0.3) is 11.2 Å². The topological polar surface area (TPSA) is 72.7 Å². The van der Waals surface area contributed by atoms with Gasteiger partial charge in [-0.1, -0.05) is 51.1 Å². The molecule has 0 aliphatic rings. The molecule has 0 saturated heterocycles. The number of hydrogen-bond acceptors (Lipinski definition) is 3. The van der Waals surface area contributed by atoms with Crippen LogP contribution in [0.3, 0.4) is 0 Å². The van der Waals surface area contributed by atoms with E-state index in [0.717, 1.165) is 18.7 Å². The van der Waals surface area contributed by atoms with Crippen molar-refractivity contribution in [3.63, 3.8) is 0 Å². The summed E-state index contributed by atoms with van der Waals surface area (Å²) in [4.78, 5) is 33.3. The first-order chi connectivity index (χ1) is 12.6. The molecule has 1 aromatic carbocycles. The lowest BCUT2D eigenvalue weighted by molar-refractivity contribution is 0.555. The van der Waals surface area contributed by atoms with E-state index in [2.05, 4.69) is 29.0 Å². The molecule has 0 fully saturated rings. The summed E-state index contributed by atoms with van der Waals surface area (Å²) < 4.78 is 2.94. The third-order valence-corrected chi connectivity index (χ3v) is 4.67. The van der Waals surface area contributed by atoms with Gasteiger partial charge < -0.3 is 4.98 Å². The van der Waals surface area contributed by atoms with Crippen molar-refractivity contribution in [3.05, 3.63) is 62.6 Å². The Bertz CT molecular complexity index is 998. The standard InChI is InChI=1S/C20H26N4O2/c1-4-11-23-18-17(19(25)24(12-5-2)20(23)26)21-16(22-18)13-14(3)15-9-7-6-8-10-15/h6-10,14H,4-5,11-13H2,1-3H3,(H,21,22)/t14-/m1/s1. The molecule has 0 aliphatic carbocycles. The van der Waals surface area contributed by atoms with E-state index in [0.29, 0.717) is 30.7 Å². The first kappa shape index (κ1) is 18.2. The highest BCUT2D eigenvalue weighted by Gasteiger charge is 2.18. The van der Waals surface area contributed by atoms with Crippen LogP contribution in [-0.4, -0.2) is 19.1 Å². The Labute approximate surface area is 152 Å². The molecule has 0 unspecified atom stereocenters. The number of aromatic nitrogens is 4. The van der Waals surface area contributed by atoms with Crippen molar-refractivity contribution < 1.29 is 0 Å². The van der Waals surface area contributed by atoms with Gasteiger partial charge in [0.05, 0.1) is 0 Å². The Morgan fingerprint density at radius 2 is 1.69 bits per heavy atom. The number of hydrogen-bond donors (Lipinski definition) is 1. The number of aromatic amines is 1. The molecular weight excluding hydrogens is 328 g/mol. The molecule has 0 spiro atoms. The normalized spacial score (nSPS) is 12.6. The van der Waals surface area contributed by atoms with Gasteiger partial charge in [-0.25, -0.2) is 9.78 Å². The zero-order valence-electron chi connectivity index (χ0n) is 15.7. The van der Waals surface area contributed by atoms with Crippen molar-refractivity contribution in [2.75, 3.05) is 0 Å². The maximum atomic E-state index is 12.7. The van der Waals surface area contributed by atoms with Crippen molar-refractivity contribution in [3.8, 4) is 0 Å². The number of nitrogens with zero attached hydrogens (tertiary/aromatic N) is 3. The molecule has 3 aromatic rings. The molecule has 0 radical (unpaired) electrons. The summed E-state index contributed by atoms with van der Waals surface area (Å²) in [5.74, 6) is 1.01. The fraction of sp³-hybridized carbons (Fsp3) is 0.450. The number of fused-ring (bicyclic) bond motifs is 1. The maximum Gasteiger partial charge on any atom is 0.332 e. The van der Waals surface area contributed by atoms with Crippen molar-refractivity contribution >= 4 is 11.2 Å². The fourth-order valence-corrected chi connectivity index (χ4v) is 3.35. The first-order valence-electron chi connectivity index (χ1n) is 9.34. The highest BCUT2D eigenvalue weighted by atomic mass is 16.2. The van der Waals surface area contributed by atoms with Gasteiger partial charge in [-0.15, -0.1) is 0 Å². The summed E-state index contributed by atoms with van der Waals surface area (Å²) in [5.41, 5.74) is 1.60. The second-order valence-electron chi connectivity index (χ2n) is 6.79. The Morgan fingerprint density at radius 1 is 1.04 bits per heavy atom. The van der Waals surface area contributed by atoms with E-state index in [4.69, 9.17) is 0 Å². The Kier molecular flexibility index (Phi) is 5.40. The van der Waals surface area contributed by atoms with E-state index in [9.17, 15) is 9.59 Å². The molecular formula is C20H26N4O2. The lowest BCUT2D eigenvalue weighted by Crippen LogP contribution is -2.40. The number of imidazole rings is 1. The van der Waals surface area contributed by atoms with E-state index < -0.39 is 0 Å². The number of rotatable bonds is 7. The third-order valence-electron chi connectivity index (χ3n) is 4.67. The Morgan fingerprint density at radius 3 is 2.35 bits per heavy atom. The van der Waals surface area contributed by atoms with Crippen LogP contribution in [0.5, 0.6) is 0 Å². The third kappa shape index (κ3) is 3.36. The summed E-state index contributed by atoms with van der Waals surface area (Å²) in [6, 6.07) is 10.2. The van der Waals surface area contributed by atoms with Gasteiger partial charge in [0, 0.05) is 19.5 Å². The zero-order valence-corrected chi connectivity index (χ0v) is 15.7. The first-order valence-corrected chi connectivity index (χ1v) is 9.34. The van der Waals surface area contributed by atoms with E-state index >= 15 is 0 Å². The van der Waals surface area contributed by atoms with Crippen LogP contribution in [-0.2, 0) is 19.5 Å². The SMILES string of the molecule is CCCn1c(=O)c2[nH]c(C[C@@H](C)c3ccccc3)nc2n(CCC)c1=O. The van der Waals surface area contributed by atoms with E-state index in [1.54, 1.807) is 4.57 Å². The summed E-state index contributed by atoms with van der Waals surface area (Å²) in [7, 11) is 0. The van der Waals surface area contributed by atoms with Crippen LogP contribution in [0, 0.1) is 0 Å². The quantitative estimate of drug-likeness (QED) is 0.709. The molecule has 6 heteroatoms. The van der Waals surface area contributed by atoms with Crippen LogP contribution in [0.4, 0.5) is 0 Å². The molecule has 2 heterocycles. The number of aryl methyl sites for hydroxylation is 1. The molecule has 0 saturated carbocycles. The average Bonchev–Trinajstić information content (AvgIpc) is 3.06. The predicted octanol–water partition coefficient (Wildman–Crippen LogP) is 3.05. The Balaban J connectivity index is 2.07. The molecule has 3 rings (SSSR count). The van der Waals surface area contributed by atoms with Crippen LogP contribution in [0.1, 0.15) is 50.9 Å². The van der Waals surface area contributed by atoms with Gasteiger partial charge in [0.1, 0.15) is 11.3 Å². The monoisotopic (exact) mass is 354 g/mol. The highest BCUT2D eigenvalue weighted by molar-refractivity contribution is 5.69. The predicted molar refractivity (Wildman–Crippen MR) is 104 cm³/mol. The molecule has 1 N–H and O–H groups in total. The molecule has 6 nitrogen and oxygen atoms in total. The van der Waals surface area contributed by atoms with E-state index in [1.807, 2.05) is 32.0 Å². The molecule has 1 atom stereocenters. The maximum absolute atomic E-state index is 12.7. The lowest BCUT2D eigenvalue weighted by atomic mass is 9.98. The molecule has 0 bridgehead atoms. The summed E-state index contributed by atoms with van der Waals surface area (Å²) in [6.45, 7) is 7.08. The smallest absolute Gasteiger partial charge is 0.332 e. The summed E-state index contributed by atoms with van der Waals surface area (Å²) in [6.07, 6.45) is 2.23. The van der Waals surface area contributed by atoms with Crippen LogP contribution in [0.15, 0.2) is 39.9 Å². The number of nitrogens with one attached hydrogen (secondary N) is 1. The van der Waals surface area contributed by atoms with Gasteiger partial charge in [0.2, 0.25) is 0 Å². The molecule has 138 valence electrons. The minimum absolute atomic E-state index is 0.264. The highest BCUT2D eigenvalue weighted by Crippen LogP contribution is 2.19. The van der Waals surface area contributed by atoms with Crippen LogP contribution in [0.2, 0.25) is 0 Å². The van der Waals surface area contributed by atoms with Gasteiger partial charge in [0.25, 0.3) is 5.56 Å². The summed E-state index contributed by atoms with van der Waals surface area (Å²) >= 11 is 0. The molecule has 2 aromatic heterocycles. The minimum atomic E-state index is -0.273. The average molecular weight is 354 g/mol. The molecule has 26 heavy (non-hydrogen) atoms. The largest absolute Gasteiger partial charge is 0.336 e. The second kappa shape index (κ2) is 7.72. The van der Waals surface area contributed by atoms with Gasteiger partial charge in [-0.2, -0.15) is 0 Å². The second-order valence-corrected chi connectivity index (χ2v) is 6.79. The van der Waals surface area contributed by atoms with Crippen molar-refractivity contribution in [2.45, 2.75) is 59.0 Å². The van der Waals surface area contributed by atoms with Crippen molar-refractivity contribution in [1.29, 1.82) is 0 Å². The van der Waals surface area contributed by atoms with Gasteiger partial charge in [-0.05, 0) is 24.3 Å². The molecule has 0 aliphatic heterocycles. The fourth-order valence-electron chi connectivity index (χ4n) is 3.35. The zero-order chi connectivity index (χ0) is 18.7. The van der Waals surface area contributed by atoms with Crippen LogP contribution < -0.4 is 11.2 Å². The summed E-state index contributed by atoms with van der Waals surface area (Å²) in [5, 5.41) is 0. The van der Waals surface area contributed by atoms with E-state index in [-0.39, 0.29) is 17.2 Å². The van der Waals surface area contributed by atoms with Gasteiger partial charge in [0.15, 0.2) is 5.65 Å². The Hall–Kier alpha value is -2.63. The number of H-pyrrole nitrogens is 1. The van der Waals surface area contributed by atoms with E-state index in [1.165, 1.54) is 10.1 Å². The van der Waals surface area contributed by atoms with Gasteiger partial charge >= 0.3 is 5.69 Å². The lowest BCUT2D eigenvalue weighted by Gasteiger charge is -2.09. The van der Waals surface area contributed by atoms with Gasteiger partial charge in [-0.3, -0.25) is 13.9 Å².